The molecule has 0 aliphatic carbocycles. The van der Waals surface area contributed by atoms with Crippen LogP contribution in [0.3, 0.4) is 0 Å². The molecule has 0 amide bonds. The molecule has 23 heavy (non-hydrogen) atoms. The Kier molecular flexibility index (Phi) is 4.01. The maximum atomic E-state index is 12.5. The molecule has 1 unspecified atom stereocenters. The first-order valence-corrected chi connectivity index (χ1v) is 7.76. The van der Waals surface area contributed by atoms with Crippen molar-refractivity contribution in [3.05, 3.63) is 54.2 Å². The fourth-order valence-electron chi connectivity index (χ4n) is 2.98. The molecule has 0 fully saturated rings. The number of pyridine rings is 1. The van der Waals surface area contributed by atoms with Gasteiger partial charge < -0.3 is 10.5 Å². The number of nitrogens with two attached hydrogens (primary N) is 1. The lowest BCUT2D eigenvalue weighted by molar-refractivity contribution is -0.149. The highest BCUT2D eigenvalue weighted by molar-refractivity contribution is 6.07. The van der Waals surface area contributed by atoms with Crippen molar-refractivity contribution in [3.8, 4) is 0 Å². The molecule has 3 aromatic rings. The monoisotopic (exact) mass is 308 g/mol. The van der Waals surface area contributed by atoms with Crippen molar-refractivity contribution >= 4 is 27.6 Å². The number of rotatable bonds is 4. The van der Waals surface area contributed by atoms with Crippen LogP contribution in [0.1, 0.15) is 19.4 Å². The molecule has 4 nitrogen and oxygen atoms in total. The highest BCUT2D eigenvalue weighted by Gasteiger charge is 2.36. The molecule has 0 spiro atoms. The lowest BCUT2D eigenvalue weighted by atomic mass is 9.79. The molecule has 1 heterocycles. The number of ether oxygens (including phenoxy) is 1. The lowest BCUT2D eigenvalue weighted by Crippen LogP contribution is -2.41. The Hall–Kier alpha value is -2.46. The number of carbonyl (C=O) groups excluding carboxylic acids is 1. The number of benzene rings is 2. The van der Waals surface area contributed by atoms with Gasteiger partial charge in [-0.25, -0.2) is 0 Å². The van der Waals surface area contributed by atoms with E-state index in [4.69, 9.17) is 10.5 Å². The van der Waals surface area contributed by atoms with E-state index in [1.165, 1.54) is 0 Å². The summed E-state index contributed by atoms with van der Waals surface area (Å²) in [6.45, 7) is 4.16. The van der Waals surface area contributed by atoms with Gasteiger partial charge in [-0.05, 0) is 30.9 Å². The molecule has 2 aromatic carbocycles. The van der Waals surface area contributed by atoms with Gasteiger partial charge in [-0.1, -0.05) is 36.4 Å². The number of aromatic nitrogens is 1. The van der Waals surface area contributed by atoms with E-state index in [1.807, 2.05) is 49.4 Å². The topological polar surface area (TPSA) is 65.2 Å². The first-order chi connectivity index (χ1) is 11.1. The molecule has 1 aromatic heterocycles. The van der Waals surface area contributed by atoms with Gasteiger partial charge in [-0.2, -0.15) is 0 Å². The van der Waals surface area contributed by atoms with Crippen LogP contribution in [0, 0.1) is 0 Å². The highest BCUT2D eigenvalue weighted by Crippen LogP contribution is 2.34. The minimum atomic E-state index is -0.877. The number of nitrogens with zero attached hydrogens (tertiary/aromatic N) is 1. The van der Waals surface area contributed by atoms with E-state index in [9.17, 15) is 4.79 Å². The van der Waals surface area contributed by atoms with Crippen LogP contribution in [0.25, 0.3) is 21.7 Å². The van der Waals surface area contributed by atoms with Crippen molar-refractivity contribution < 1.29 is 9.53 Å². The fraction of sp³-hybridized carbons (Fsp3) is 0.263. The average Bonchev–Trinajstić information content (AvgIpc) is 2.60. The van der Waals surface area contributed by atoms with Crippen molar-refractivity contribution in [3.63, 3.8) is 0 Å². The van der Waals surface area contributed by atoms with Crippen molar-refractivity contribution in [2.75, 3.05) is 13.2 Å². The maximum Gasteiger partial charge on any atom is 0.317 e. The van der Waals surface area contributed by atoms with Gasteiger partial charge in [0.1, 0.15) is 5.41 Å². The Balaban J connectivity index is 2.29. The first kappa shape index (κ1) is 15.4. The van der Waals surface area contributed by atoms with Gasteiger partial charge in [-0.15, -0.1) is 0 Å². The summed E-state index contributed by atoms with van der Waals surface area (Å²) in [5.74, 6) is -0.295. The SMILES string of the molecule is CCOC(=O)C(C)(CN)c1cccc2c1ccc1cccnc12. The molecule has 2 N–H and O–H groups in total. The van der Waals surface area contributed by atoms with Crippen LogP contribution in [-0.2, 0) is 14.9 Å². The van der Waals surface area contributed by atoms with E-state index in [0.717, 1.165) is 27.2 Å². The Labute approximate surface area is 135 Å². The van der Waals surface area contributed by atoms with Crippen LogP contribution >= 0.6 is 0 Å². The molecule has 0 saturated heterocycles. The van der Waals surface area contributed by atoms with Crippen LogP contribution < -0.4 is 5.73 Å². The molecule has 118 valence electrons. The van der Waals surface area contributed by atoms with E-state index >= 15 is 0 Å². The molecule has 0 bridgehead atoms. The number of hydrogen-bond acceptors (Lipinski definition) is 4. The molecule has 0 aliphatic rings. The number of carbonyl (C=O) groups is 1. The van der Waals surface area contributed by atoms with E-state index in [0.29, 0.717) is 6.61 Å². The van der Waals surface area contributed by atoms with Crippen molar-refractivity contribution in [1.82, 2.24) is 4.98 Å². The summed E-state index contributed by atoms with van der Waals surface area (Å²) in [5.41, 5.74) is 6.88. The zero-order valence-electron chi connectivity index (χ0n) is 13.4. The van der Waals surface area contributed by atoms with Gasteiger partial charge >= 0.3 is 5.97 Å². The minimum absolute atomic E-state index is 0.186. The molecule has 0 aliphatic heterocycles. The van der Waals surface area contributed by atoms with Gasteiger partial charge in [0.15, 0.2) is 0 Å². The summed E-state index contributed by atoms with van der Waals surface area (Å²) < 4.78 is 5.25. The largest absolute Gasteiger partial charge is 0.465 e. The smallest absolute Gasteiger partial charge is 0.317 e. The third-order valence-electron chi connectivity index (χ3n) is 4.36. The van der Waals surface area contributed by atoms with Crippen molar-refractivity contribution in [2.24, 2.45) is 5.73 Å². The first-order valence-electron chi connectivity index (χ1n) is 7.76. The van der Waals surface area contributed by atoms with Crippen molar-refractivity contribution in [2.45, 2.75) is 19.3 Å². The molecular formula is C19H20N2O2. The van der Waals surface area contributed by atoms with Crippen LogP contribution in [0.15, 0.2) is 48.7 Å². The number of fused-ring (bicyclic) bond motifs is 3. The summed E-state index contributed by atoms with van der Waals surface area (Å²) in [5, 5.41) is 3.08. The van der Waals surface area contributed by atoms with Gasteiger partial charge in [0.2, 0.25) is 0 Å². The number of esters is 1. The van der Waals surface area contributed by atoms with Gasteiger partial charge in [-0.3, -0.25) is 9.78 Å². The molecule has 4 heteroatoms. The average molecular weight is 308 g/mol. The fourth-order valence-corrected chi connectivity index (χ4v) is 2.98. The van der Waals surface area contributed by atoms with Gasteiger partial charge in [0, 0.05) is 23.5 Å². The predicted octanol–water partition coefficient (Wildman–Crippen LogP) is 3.17. The zero-order chi connectivity index (χ0) is 16.4. The van der Waals surface area contributed by atoms with Crippen LogP contribution in [-0.4, -0.2) is 24.1 Å². The van der Waals surface area contributed by atoms with Crippen molar-refractivity contribution in [1.29, 1.82) is 0 Å². The minimum Gasteiger partial charge on any atom is -0.465 e. The summed E-state index contributed by atoms with van der Waals surface area (Å²) in [6.07, 6.45) is 1.78. The van der Waals surface area contributed by atoms with E-state index in [-0.39, 0.29) is 12.5 Å². The summed E-state index contributed by atoms with van der Waals surface area (Å²) in [6, 6.07) is 13.9. The normalized spacial score (nSPS) is 13.9. The molecule has 0 saturated carbocycles. The maximum absolute atomic E-state index is 12.5. The Morgan fingerprint density at radius 1 is 1.17 bits per heavy atom. The second-order valence-corrected chi connectivity index (χ2v) is 5.80. The quantitative estimate of drug-likeness (QED) is 0.594. The summed E-state index contributed by atoms with van der Waals surface area (Å²) in [7, 11) is 0. The second-order valence-electron chi connectivity index (χ2n) is 5.80. The third-order valence-corrected chi connectivity index (χ3v) is 4.36. The molecule has 3 rings (SSSR count). The molecule has 0 radical (unpaired) electrons. The zero-order valence-corrected chi connectivity index (χ0v) is 13.4. The molecular weight excluding hydrogens is 288 g/mol. The van der Waals surface area contributed by atoms with Crippen LogP contribution in [0.2, 0.25) is 0 Å². The van der Waals surface area contributed by atoms with E-state index in [1.54, 1.807) is 13.1 Å². The second kappa shape index (κ2) is 5.97. The standard InChI is InChI=1S/C19H20N2O2/c1-3-23-18(22)19(2,12-20)16-8-4-7-15-14(16)10-9-13-6-5-11-21-17(13)15/h4-11H,3,12,20H2,1-2H3. The third kappa shape index (κ3) is 2.45. The van der Waals surface area contributed by atoms with Crippen LogP contribution in [0.5, 0.6) is 0 Å². The Morgan fingerprint density at radius 2 is 2.00 bits per heavy atom. The van der Waals surface area contributed by atoms with E-state index in [2.05, 4.69) is 4.98 Å². The van der Waals surface area contributed by atoms with Gasteiger partial charge in [0.25, 0.3) is 0 Å². The Bertz CT molecular complexity index is 876. The molecule has 1 atom stereocenters. The van der Waals surface area contributed by atoms with Gasteiger partial charge in [0.05, 0.1) is 12.1 Å². The lowest BCUT2D eigenvalue weighted by Gasteiger charge is -2.27. The number of hydrogen-bond donors (Lipinski definition) is 1. The van der Waals surface area contributed by atoms with Crippen LogP contribution in [0.4, 0.5) is 0 Å². The Morgan fingerprint density at radius 3 is 2.74 bits per heavy atom. The highest BCUT2D eigenvalue weighted by atomic mass is 16.5. The summed E-state index contributed by atoms with van der Waals surface area (Å²) >= 11 is 0. The summed E-state index contributed by atoms with van der Waals surface area (Å²) in [4.78, 5) is 17.0. The predicted molar refractivity (Wildman–Crippen MR) is 92.3 cm³/mol. The van der Waals surface area contributed by atoms with E-state index < -0.39 is 5.41 Å².